The molecule has 1 aromatic carbocycles. The van der Waals surface area contributed by atoms with Gasteiger partial charge in [-0.1, -0.05) is 18.2 Å². The van der Waals surface area contributed by atoms with Crippen LogP contribution in [-0.4, -0.2) is 46.4 Å². The second kappa shape index (κ2) is 7.13. The van der Waals surface area contributed by atoms with Crippen molar-refractivity contribution in [2.45, 2.75) is 39.3 Å². The molecule has 128 valence electrons. The monoisotopic (exact) mass is 329 g/mol. The molecule has 6 nitrogen and oxygen atoms in total. The van der Waals surface area contributed by atoms with E-state index in [1.165, 1.54) is 4.68 Å². The lowest BCUT2D eigenvalue weighted by Crippen LogP contribution is -2.41. The number of aryl methyl sites for hydroxylation is 1. The van der Waals surface area contributed by atoms with Gasteiger partial charge >= 0.3 is 0 Å². The number of ether oxygens (including phenoxy) is 1. The van der Waals surface area contributed by atoms with Crippen LogP contribution in [0.1, 0.15) is 25.5 Å². The van der Waals surface area contributed by atoms with E-state index in [9.17, 15) is 9.59 Å². The Morgan fingerprint density at radius 1 is 1.38 bits per heavy atom. The van der Waals surface area contributed by atoms with Gasteiger partial charge in [-0.25, -0.2) is 4.68 Å². The molecule has 0 N–H and O–H groups in total. The van der Waals surface area contributed by atoms with Gasteiger partial charge in [0.25, 0.3) is 5.56 Å². The number of fused-ring (bicyclic) bond motifs is 1. The molecular weight excluding hydrogens is 306 g/mol. The maximum absolute atomic E-state index is 12.6. The van der Waals surface area contributed by atoms with Crippen molar-refractivity contribution in [1.29, 1.82) is 0 Å². The summed E-state index contributed by atoms with van der Waals surface area (Å²) in [5.74, 6) is -0.0997. The Morgan fingerprint density at radius 3 is 2.79 bits per heavy atom. The van der Waals surface area contributed by atoms with E-state index in [1.807, 2.05) is 32.0 Å². The first-order valence-corrected chi connectivity index (χ1v) is 8.46. The highest BCUT2D eigenvalue weighted by Crippen LogP contribution is 2.14. The summed E-state index contributed by atoms with van der Waals surface area (Å²) < 4.78 is 6.88. The van der Waals surface area contributed by atoms with E-state index in [1.54, 1.807) is 11.0 Å². The highest BCUT2D eigenvalue weighted by Gasteiger charge is 2.22. The average Bonchev–Trinajstić information content (AvgIpc) is 3.10. The molecule has 24 heavy (non-hydrogen) atoms. The normalized spacial score (nSPS) is 17.3. The lowest BCUT2D eigenvalue weighted by Gasteiger charge is -2.24. The largest absolute Gasteiger partial charge is 0.376 e. The Morgan fingerprint density at radius 2 is 2.12 bits per heavy atom. The van der Waals surface area contributed by atoms with E-state index in [-0.39, 0.29) is 24.1 Å². The number of hydrogen-bond acceptors (Lipinski definition) is 4. The van der Waals surface area contributed by atoms with Gasteiger partial charge in [0, 0.05) is 25.1 Å². The van der Waals surface area contributed by atoms with E-state index >= 15 is 0 Å². The topological polar surface area (TPSA) is 64.4 Å². The lowest BCUT2D eigenvalue weighted by molar-refractivity contribution is -0.133. The number of benzene rings is 1. The van der Waals surface area contributed by atoms with Crippen molar-refractivity contribution in [2.75, 3.05) is 19.7 Å². The van der Waals surface area contributed by atoms with Crippen LogP contribution in [0.15, 0.2) is 29.1 Å². The van der Waals surface area contributed by atoms with Crippen molar-refractivity contribution >= 4 is 16.7 Å². The maximum Gasteiger partial charge on any atom is 0.275 e. The standard InChI is InChI=1S/C18H23N3O3/c1-3-20(11-14-7-6-10-24-14)17(22)12-21-18(23)16-9-5-4-8-15(16)13(2)19-21/h4-5,8-9,14H,3,6-7,10-12H2,1-2H3/t14-/m0/s1. The fraction of sp³-hybridized carbons (Fsp3) is 0.500. The fourth-order valence-corrected chi connectivity index (χ4v) is 3.18. The molecule has 0 bridgehead atoms. The van der Waals surface area contributed by atoms with Gasteiger partial charge in [0.1, 0.15) is 6.54 Å². The summed E-state index contributed by atoms with van der Waals surface area (Å²) in [5, 5.41) is 5.74. The first kappa shape index (κ1) is 16.6. The van der Waals surface area contributed by atoms with E-state index < -0.39 is 0 Å². The van der Waals surface area contributed by atoms with E-state index in [2.05, 4.69) is 5.10 Å². The summed E-state index contributed by atoms with van der Waals surface area (Å²) in [4.78, 5) is 26.9. The highest BCUT2D eigenvalue weighted by molar-refractivity contribution is 5.83. The number of carbonyl (C=O) groups is 1. The zero-order chi connectivity index (χ0) is 17.1. The van der Waals surface area contributed by atoms with Gasteiger partial charge in [-0.05, 0) is 32.8 Å². The number of likely N-dealkylation sites (N-methyl/N-ethyl adjacent to an activating group) is 1. The van der Waals surface area contributed by atoms with Crippen LogP contribution >= 0.6 is 0 Å². The third kappa shape index (κ3) is 3.33. The molecule has 6 heteroatoms. The maximum atomic E-state index is 12.6. The Hall–Kier alpha value is -2.21. The van der Waals surface area contributed by atoms with Crippen LogP contribution in [-0.2, 0) is 16.1 Å². The van der Waals surface area contributed by atoms with Gasteiger partial charge in [0.15, 0.2) is 0 Å². The zero-order valence-electron chi connectivity index (χ0n) is 14.2. The Labute approximate surface area is 141 Å². The molecule has 1 aromatic heterocycles. The third-order valence-corrected chi connectivity index (χ3v) is 4.52. The average molecular weight is 329 g/mol. The van der Waals surface area contributed by atoms with Crippen molar-refractivity contribution in [2.24, 2.45) is 0 Å². The molecule has 1 fully saturated rings. The summed E-state index contributed by atoms with van der Waals surface area (Å²) in [6.07, 6.45) is 2.13. The van der Waals surface area contributed by atoms with Crippen LogP contribution in [0, 0.1) is 6.92 Å². The summed E-state index contributed by atoms with van der Waals surface area (Å²) in [6, 6.07) is 7.36. The van der Waals surface area contributed by atoms with Crippen LogP contribution in [0.5, 0.6) is 0 Å². The number of hydrogen-bond donors (Lipinski definition) is 0. The smallest absolute Gasteiger partial charge is 0.275 e. The minimum atomic E-state index is -0.224. The van der Waals surface area contributed by atoms with Gasteiger partial charge < -0.3 is 9.64 Å². The first-order valence-electron chi connectivity index (χ1n) is 8.46. The zero-order valence-corrected chi connectivity index (χ0v) is 14.2. The second-order valence-corrected chi connectivity index (χ2v) is 6.16. The van der Waals surface area contributed by atoms with Crippen molar-refractivity contribution in [3.63, 3.8) is 0 Å². The van der Waals surface area contributed by atoms with Crippen LogP contribution in [0.4, 0.5) is 0 Å². The number of nitrogens with zero attached hydrogens (tertiary/aromatic N) is 3. The van der Waals surface area contributed by atoms with Gasteiger partial charge in [0.2, 0.25) is 5.91 Å². The fourth-order valence-electron chi connectivity index (χ4n) is 3.18. The van der Waals surface area contributed by atoms with Crippen molar-refractivity contribution in [3.8, 4) is 0 Å². The minimum absolute atomic E-state index is 0.0366. The van der Waals surface area contributed by atoms with Crippen molar-refractivity contribution in [3.05, 3.63) is 40.3 Å². The van der Waals surface area contributed by atoms with Crippen molar-refractivity contribution in [1.82, 2.24) is 14.7 Å². The summed E-state index contributed by atoms with van der Waals surface area (Å²) in [7, 11) is 0. The molecule has 2 heterocycles. The number of carbonyl (C=O) groups excluding carboxylic acids is 1. The van der Waals surface area contributed by atoms with Gasteiger partial charge in [0.05, 0.1) is 17.2 Å². The van der Waals surface area contributed by atoms with Gasteiger partial charge in [-0.15, -0.1) is 0 Å². The van der Waals surface area contributed by atoms with E-state index in [0.29, 0.717) is 18.5 Å². The predicted molar refractivity (Wildman–Crippen MR) is 92.0 cm³/mol. The van der Waals surface area contributed by atoms with Crippen LogP contribution < -0.4 is 5.56 Å². The summed E-state index contributed by atoms with van der Waals surface area (Å²) >= 11 is 0. The van der Waals surface area contributed by atoms with Gasteiger partial charge in [-0.2, -0.15) is 5.10 Å². The molecule has 2 aromatic rings. The van der Waals surface area contributed by atoms with E-state index in [0.717, 1.165) is 30.5 Å². The number of amides is 1. The Kier molecular flexibility index (Phi) is 4.94. The predicted octanol–water partition coefficient (Wildman–Crippen LogP) is 1.73. The molecule has 0 spiro atoms. The molecular formula is C18H23N3O3. The summed E-state index contributed by atoms with van der Waals surface area (Å²) in [6.45, 7) is 5.70. The Bertz CT molecular complexity index is 794. The molecule has 0 unspecified atom stereocenters. The number of rotatable bonds is 5. The molecule has 3 rings (SSSR count). The molecule has 1 aliphatic rings. The summed E-state index contributed by atoms with van der Waals surface area (Å²) in [5.41, 5.74) is 0.526. The molecule has 1 atom stereocenters. The number of aromatic nitrogens is 2. The lowest BCUT2D eigenvalue weighted by atomic mass is 10.1. The van der Waals surface area contributed by atoms with Crippen LogP contribution in [0.25, 0.3) is 10.8 Å². The van der Waals surface area contributed by atoms with Crippen LogP contribution in [0.2, 0.25) is 0 Å². The molecule has 0 saturated carbocycles. The second-order valence-electron chi connectivity index (χ2n) is 6.16. The molecule has 0 radical (unpaired) electrons. The molecule has 1 aliphatic heterocycles. The van der Waals surface area contributed by atoms with Crippen LogP contribution in [0.3, 0.4) is 0 Å². The van der Waals surface area contributed by atoms with Crippen molar-refractivity contribution < 1.29 is 9.53 Å². The molecule has 0 aliphatic carbocycles. The molecule has 1 amide bonds. The van der Waals surface area contributed by atoms with Gasteiger partial charge in [-0.3, -0.25) is 9.59 Å². The Balaban J connectivity index is 1.81. The quantitative estimate of drug-likeness (QED) is 0.838. The first-order chi connectivity index (χ1) is 11.6. The highest BCUT2D eigenvalue weighted by atomic mass is 16.5. The SMILES string of the molecule is CCN(C[C@@H]1CCCO1)C(=O)Cn1nc(C)c2ccccc2c1=O. The third-order valence-electron chi connectivity index (χ3n) is 4.52. The molecule has 1 saturated heterocycles. The minimum Gasteiger partial charge on any atom is -0.376 e. The van der Waals surface area contributed by atoms with E-state index in [4.69, 9.17) is 4.74 Å².